The van der Waals surface area contributed by atoms with Gasteiger partial charge in [0.25, 0.3) is 0 Å². The maximum absolute atomic E-state index is 12.9. The lowest BCUT2D eigenvalue weighted by atomic mass is 9.47. The number of hydrogen-bond acceptors (Lipinski definition) is 6. The van der Waals surface area contributed by atoms with Gasteiger partial charge >= 0.3 is 11.9 Å². The molecule has 44 heavy (non-hydrogen) atoms. The Bertz CT molecular complexity index is 1520. The first-order valence-corrected chi connectivity index (χ1v) is 16.2. The number of ether oxygens (including phenoxy) is 2. The second kappa shape index (κ2) is 11.7. The van der Waals surface area contributed by atoms with Crippen LogP contribution in [0.5, 0.6) is 5.75 Å². The summed E-state index contributed by atoms with van der Waals surface area (Å²) in [5.41, 5.74) is 2.81. The van der Waals surface area contributed by atoms with Crippen LogP contribution in [0.3, 0.4) is 0 Å². The highest BCUT2D eigenvalue weighted by molar-refractivity contribution is 5.98. The molecule has 0 saturated heterocycles. The summed E-state index contributed by atoms with van der Waals surface area (Å²) < 4.78 is 11.4. The molecule has 3 N–H and O–H groups in total. The Labute approximate surface area is 258 Å². The lowest BCUT2D eigenvalue weighted by Gasteiger charge is -2.57. The van der Waals surface area contributed by atoms with Crippen LogP contribution in [-0.4, -0.2) is 53.5 Å². The molecule has 1 aromatic carbocycles. The van der Waals surface area contributed by atoms with Gasteiger partial charge in [-0.25, -0.2) is 4.79 Å². The minimum absolute atomic E-state index is 0.0139. The molecule has 3 fully saturated rings. The number of carboxylic acid groups (broad SMARTS) is 1. The normalized spacial score (nSPS) is 31.0. The number of aromatic nitrogens is 1. The molecular formula is C35H44N2O7. The first kappa shape index (κ1) is 30.4. The summed E-state index contributed by atoms with van der Waals surface area (Å²) in [6.07, 6.45) is 9.94. The molecule has 9 heteroatoms. The highest BCUT2D eigenvalue weighted by Gasteiger charge is 2.60. The van der Waals surface area contributed by atoms with Crippen LogP contribution in [-0.2, 0) is 25.5 Å². The molecule has 6 atom stereocenters. The number of allylic oxidation sites excluding steroid dienone is 1. The van der Waals surface area contributed by atoms with Crippen molar-refractivity contribution in [2.45, 2.75) is 90.6 Å². The fraction of sp³-hybridized carbons (Fsp3) is 0.600. The molecular weight excluding hydrogens is 560 g/mol. The van der Waals surface area contributed by atoms with Gasteiger partial charge in [-0.05, 0) is 104 Å². The topological polar surface area (TPSA) is 135 Å². The summed E-state index contributed by atoms with van der Waals surface area (Å²) in [6, 6.07) is 5.32. The molecule has 1 heterocycles. The van der Waals surface area contributed by atoms with Crippen molar-refractivity contribution < 1.29 is 33.8 Å². The van der Waals surface area contributed by atoms with Gasteiger partial charge in [0.15, 0.2) is 5.78 Å². The molecule has 236 valence electrons. The average Bonchev–Trinajstić information content (AvgIpc) is 3.53. The first-order valence-electron chi connectivity index (χ1n) is 16.2. The summed E-state index contributed by atoms with van der Waals surface area (Å²) in [5, 5.41) is 13.2. The van der Waals surface area contributed by atoms with Crippen molar-refractivity contribution in [1.29, 1.82) is 0 Å². The quantitative estimate of drug-likeness (QED) is 0.310. The number of carbonyl (C=O) groups is 4. The zero-order valence-corrected chi connectivity index (χ0v) is 26.0. The van der Waals surface area contributed by atoms with Crippen LogP contribution in [0.25, 0.3) is 10.9 Å². The van der Waals surface area contributed by atoms with Crippen LogP contribution in [0.4, 0.5) is 0 Å². The Morgan fingerprint density at radius 2 is 1.86 bits per heavy atom. The number of amides is 1. The van der Waals surface area contributed by atoms with Gasteiger partial charge in [0.05, 0.1) is 13.5 Å². The highest BCUT2D eigenvalue weighted by Crippen LogP contribution is 2.65. The lowest BCUT2D eigenvalue weighted by molar-refractivity contribution is -0.160. The monoisotopic (exact) mass is 604 g/mol. The Morgan fingerprint density at radius 1 is 1.05 bits per heavy atom. The molecule has 1 amide bonds. The number of nitrogens with one attached hydrogen (secondary N) is 2. The maximum atomic E-state index is 12.9. The van der Waals surface area contributed by atoms with E-state index < -0.39 is 5.97 Å². The summed E-state index contributed by atoms with van der Waals surface area (Å²) >= 11 is 0. The zero-order chi connectivity index (χ0) is 31.2. The minimum Gasteiger partial charge on any atom is -0.497 e. The van der Waals surface area contributed by atoms with Crippen LogP contribution < -0.4 is 10.1 Å². The van der Waals surface area contributed by atoms with Crippen molar-refractivity contribution in [2.75, 3.05) is 13.7 Å². The summed E-state index contributed by atoms with van der Waals surface area (Å²) in [4.78, 5) is 52.4. The zero-order valence-electron chi connectivity index (χ0n) is 26.0. The third-order valence-corrected chi connectivity index (χ3v) is 11.7. The van der Waals surface area contributed by atoms with E-state index in [9.17, 15) is 24.3 Å². The van der Waals surface area contributed by atoms with Gasteiger partial charge in [-0.2, -0.15) is 0 Å². The van der Waals surface area contributed by atoms with Gasteiger partial charge < -0.3 is 24.9 Å². The molecule has 0 spiro atoms. The predicted octanol–water partition coefficient (Wildman–Crippen LogP) is 5.76. The molecule has 4 aliphatic carbocycles. The van der Waals surface area contributed by atoms with Crippen molar-refractivity contribution in [3.05, 3.63) is 41.1 Å². The molecule has 4 aliphatic rings. The Morgan fingerprint density at radius 3 is 2.64 bits per heavy atom. The van der Waals surface area contributed by atoms with Crippen LogP contribution >= 0.6 is 0 Å². The Balaban J connectivity index is 1.01. The SMILES string of the molecule is COc1ccc2[nH]c(C(=O)O)c(CCNC(=O)CCC(=O)O[C@@H]3CC[C@@H]4[C@H]5CCC6=CC(=O)CC[C@]6(C)[C@H]5CC[C@@]43C)c2c1. The van der Waals surface area contributed by atoms with Crippen LogP contribution in [0.2, 0.25) is 0 Å². The number of hydrogen-bond donors (Lipinski definition) is 3. The predicted molar refractivity (Wildman–Crippen MR) is 164 cm³/mol. The van der Waals surface area contributed by atoms with Crippen molar-refractivity contribution >= 4 is 34.5 Å². The fourth-order valence-corrected chi connectivity index (χ4v) is 9.35. The number of rotatable bonds is 9. The van der Waals surface area contributed by atoms with Gasteiger partial charge in [-0.15, -0.1) is 0 Å². The number of aromatic amines is 1. The van der Waals surface area contributed by atoms with E-state index in [2.05, 4.69) is 24.1 Å². The van der Waals surface area contributed by atoms with Crippen LogP contribution in [0.1, 0.15) is 94.1 Å². The van der Waals surface area contributed by atoms with E-state index in [1.807, 2.05) is 6.08 Å². The Hall–Kier alpha value is -3.62. The number of fused-ring (bicyclic) bond motifs is 6. The van der Waals surface area contributed by atoms with Gasteiger partial charge in [0.1, 0.15) is 17.5 Å². The summed E-state index contributed by atoms with van der Waals surface area (Å²) in [6.45, 7) is 4.92. The fourth-order valence-electron chi connectivity index (χ4n) is 9.35. The van der Waals surface area contributed by atoms with E-state index in [0.29, 0.717) is 47.4 Å². The second-order valence-electron chi connectivity index (χ2n) is 13.9. The molecule has 0 bridgehead atoms. The van der Waals surface area contributed by atoms with E-state index in [-0.39, 0.29) is 59.7 Å². The molecule has 0 unspecified atom stereocenters. The molecule has 0 aliphatic heterocycles. The Kier molecular flexibility index (Phi) is 8.09. The van der Waals surface area contributed by atoms with Crippen LogP contribution in [0.15, 0.2) is 29.8 Å². The maximum Gasteiger partial charge on any atom is 0.352 e. The number of H-pyrrole nitrogens is 1. The molecule has 2 aromatic rings. The first-order chi connectivity index (χ1) is 21.0. The molecule has 3 saturated carbocycles. The van der Waals surface area contributed by atoms with E-state index in [1.54, 1.807) is 25.3 Å². The third kappa shape index (κ3) is 5.32. The standard InChI is InChI=1S/C35H44N2O7/c1-34-15-12-21(38)18-20(34)4-6-24-26-7-9-29(35(26,2)16-13-27(24)34)44-31(40)11-10-30(39)36-17-14-23-25-19-22(43-3)5-8-28(25)37-32(23)33(41)42/h5,8,18-19,24,26-27,29,37H,4,6-7,9-17H2,1-3H3,(H,36,39)(H,41,42)/t24-,26-,27+,29-,34+,35+/m1/s1. The number of carbonyl (C=O) groups excluding carboxylic acids is 3. The van der Waals surface area contributed by atoms with E-state index in [1.165, 1.54) is 5.57 Å². The van der Waals surface area contributed by atoms with Crippen LogP contribution in [0, 0.1) is 28.6 Å². The van der Waals surface area contributed by atoms with Gasteiger partial charge in [0, 0.05) is 35.7 Å². The lowest BCUT2D eigenvalue weighted by Crippen LogP contribution is -2.51. The van der Waals surface area contributed by atoms with E-state index >= 15 is 0 Å². The number of esters is 1. The molecule has 0 radical (unpaired) electrons. The third-order valence-electron chi connectivity index (χ3n) is 11.7. The molecule has 1 aromatic heterocycles. The van der Waals surface area contributed by atoms with E-state index in [0.717, 1.165) is 50.3 Å². The number of ketones is 1. The van der Waals surface area contributed by atoms with E-state index in [4.69, 9.17) is 9.47 Å². The smallest absolute Gasteiger partial charge is 0.352 e. The highest BCUT2D eigenvalue weighted by atomic mass is 16.5. The van der Waals surface area contributed by atoms with Gasteiger partial charge in [0.2, 0.25) is 5.91 Å². The molecule has 9 nitrogen and oxygen atoms in total. The molecule has 6 rings (SSSR count). The number of methoxy groups -OCH3 is 1. The summed E-state index contributed by atoms with van der Waals surface area (Å²) in [7, 11) is 1.55. The number of carboxylic acids is 1. The summed E-state index contributed by atoms with van der Waals surface area (Å²) in [5.74, 6) is 0.928. The second-order valence-corrected chi connectivity index (χ2v) is 13.9. The van der Waals surface area contributed by atoms with Gasteiger partial charge in [-0.1, -0.05) is 19.4 Å². The number of aromatic carboxylic acids is 1. The van der Waals surface area contributed by atoms with Crippen molar-refractivity contribution in [2.24, 2.45) is 28.6 Å². The van der Waals surface area contributed by atoms with Crippen molar-refractivity contribution in [3.63, 3.8) is 0 Å². The number of benzene rings is 1. The average molecular weight is 605 g/mol. The van der Waals surface area contributed by atoms with Gasteiger partial charge in [-0.3, -0.25) is 14.4 Å². The largest absolute Gasteiger partial charge is 0.497 e. The minimum atomic E-state index is -1.06. The van der Waals surface area contributed by atoms with Crippen molar-refractivity contribution in [1.82, 2.24) is 10.3 Å². The van der Waals surface area contributed by atoms with Crippen molar-refractivity contribution in [3.8, 4) is 5.75 Å².